The van der Waals surface area contributed by atoms with Gasteiger partial charge >= 0.3 is 0 Å². The fourth-order valence-electron chi connectivity index (χ4n) is 5.36. The van der Waals surface area contributed by atoms with Crippen LogP contribution in [-0.4, -0.2) is 19.6 Å². The molecule has 0 saturated heterocycles. The number of para-hydroxylation sites is 1. The molecule has 1 N–H and O–H groups in total. The highest BCUT2D eigenvalue weighted by Crippen LogP contribution is 2.42. The third kappa shape index (κ3) is 4.45. The van der Waals surface area contributed by atoms with Crippen LogP contribution in [-0.2, 0) is 10.8 Å². The van der Waals surface area contributed by atoms with Crippen molar-refractivity contribution in [3.05, 3.63) is 95.7 Å². The van der Waals surface area contributed by atoms with Crippen molar-refractivity contribution in [3.8, 4) is 23.2 Å². The van der Waals surface area contributed by atoms with Crippen molar-refractivity contribution in [1.29, 1.82) is 0 Å². The monoisotopic (exact) mass is 529 g/mol. The number of hydrogen-bond acceptors (Lipinski definition) is 4. The number of rotatable bonds is 3. The summed E-state index contributed by atoms with van der Waals surface area (Å²) in [7, 11) is 0. The topological polar surface area (TPSA) is 60.2 Å². The van der Waals surface area contributed by atoms with E-state index in [1.54, 1.807) is 6.07 Å². The first-order valence-electron chi connectivity index (χ1n) is 13.7. The molecule has 5 heteroatoms. The zero-order chi connectivity index (χ0) is 28.4. The Bertz CT molecular complexity index is 1920. The largest absolute Gasteiger partial charge is 0.506 e. The second-order valence-corrected chi connectivity index (χ2v) is 12.7. The van der Waals surface area contributed by atoms with Crippen molar-refractivity contribution in [1.82, 2.24) is 14.5 Å². The van der Waals surface area contributed by atoms with Crippen LogP contribution in [0.5, 0.6) is 17.4 Å². The van der Waals surface area contributed by atoms with Crippen LogP contribution >= 0.6 is 0 Å². The van der Waals surface area contributed by atoms with Crippen LogP contribution in [0.1, 0.15) is 58.2 Å². The fraction of sp³-hybridized carbons (Fsp3) is 0.257. The number of pyridine rings is 2. The molecule has 0 radical (unpaired) electrons. The highest BCUT2D eigenvalue weighted by atomic mass is 16.5. The van der Waals surface area contributed by atoms with E-state index in [-0.39, 0.29) is 16.6 Å². The average molecular weight is 530 g/mol. The number of aryl methyl sites for hydroxylation is 1. The maximum absolute atomic E-state index is 10.4. The number of aromatic nitrogens is 3. The van der Waals surface area contributed by atoms with Crippen LogP contribution in [0.2, 0.25) is 0 Å². The summed E-state index contributed by atoms with van der Waals surface area (Å²) in [6, 6.07) is 24.4. The van der Waals surface area contributed by atoms with E-state index in [9.17, 15) is 5.11 Å². The molecule has 3 heterocycles. The highest BCUT2D eigenvalue weighted by Gasteiger charge is 2.25. The van der Waals surface area contributed by atoms with Crippen LogP contribution in [0.15, 0.2) is 79.0 Å². The van der Waals surface area contributed by atoms with Crippen LogP contribution in [0.3, 0.4) is 0 Å². The maximum Gasteiger partial charge on any atom is 0.219 e. The Morgan fingerprint density at radius 2 is 1.55 bits per heavy atom. The van der Waals surface area contributed by atoms with Crippen LogP contribution in [0, 0.1) is 6.92 Å². The van der Waals surface area contributed by atoms with Crippen molar-refractivity contribution < 1.29 is 9.84 Å². The maximum atomic E-state index is 10.4. The van der Waals surface area contributed by atoms with Crippen LogP contribution in [0.25, 0.3) is 38.5 Å². The molecular weight excluding hydrogens is 494 g/mol. The minimum absolute atomic E-state index is 0.0212. The van der Waals surface area contributed by atoms with E-state index >= 15 is 0 Å². The van der Waals surface area contributed by atoms with E-state index in [4.69, 9.17) is 9.72 Å². The van der Waals surface area contributed by atoms with E-state index < -0.39 is 0 Å². The second-order valence-electron chi connectivity index (χ2n) is 12.7. The minimum atomic E-state index is -0.194. The number of fused-ring (bicyclic) bond motifs is 4. The van der Waals surface area contributed by atoms with Gasteiger partial charge in [0.15, 0.2) is 0 Å². The van der Waals surface area contributed by atoms with E-state index in [0.29, 0.717) is 11.4 Å². The Kier molecular flexibility index (Phi) is 5.88. The lowest BCUT2D eigenvalue weighted by atomic mass is 9.84. The summed E-state index contributed by atoms with van der Waals surface area (Å²) in [6.45, 7) is 15.4. The van der Waals surface area contributed by atoms with Crippen molar-refractivity contribution in [2.24, 2.45) is 0 Å². The smallest absolute Gasteiger partial charge is 0.219 e. The molecule has 6 aromatic rings. The van der Waals surface area contributed by atoms with E-state index in [1.807, 2.05) is 36.5 Å². The van der Waals surface area contributed by atoms with E-state index in [2.05, 4.69) is 94.4 Å². The van der Waals surface area contributed by atoms with Crippen LogP contribution in [0.4, 0.5) is 0 Å². The summed E-state index contributed by atoms with van der Waals surface area (Å²) in [4.78, 5) is 9.42. The molecule has 0 bridgehead atoms. The molecule has 3 aromatic carbocycles. The summed E-state index contributed by atoms with van der Waals surface area (Å²) in [5.74, 6) is 2.17. The van der Waals surface area contributed by atoms with Gasteiger partial charge in [0.2, 0.25) is 5.88 Å². The van der Waals surface area contributed by atoms with E-state index in [0.717, 1.165) is 44.5 Å². The van der Waals surface area contributed by atoms with E-state index in [1.165, 1.54) is 10.9 Å². The van der Waals surface area contributed by atoms with Gasteiger partial charge in [-0.05, 0) is 71.3 Å². The molecule has 0 spiro atoms. The van der Waals surface area contributed by atoms with Crippen molar-refractivity contribution >= 4 is 32.7 Å². The molecule has 0 aliphatic rings. The van der Waals surface area contributed by atoms with Crippen molar-refractivity contribution in [2.45, 2.75) is 59.3 Å². The Morgan fingerprint density at radius 3 is 2.27 bits per heavy atom. The normalized spacial score (nSPS) is 12.5. The summed E-state index contributed by atoms with van der Waals surface area (Å²) < 4.78 is 8.77. The molecule has 0 aliphatic carbocycles. The predicted octanol–water partition coefficient (Wildman–Crippen LogP) is 9.13. The number of phenolic OH excluding ortho intramolecular Hbond substituents is 1. The van der Waals surface area contributed by atoms with Gasteiger partial charge in [-0.2, -0.15) is 0 Å². The summed E-state index contributed by atoms with van der Waals surface area (Å²) in [5.41, 5.74) is 5.98. The number of hydrogen-bond donors (Lipinski definition) is 1. The van der Waals surface area contributed by atoms with Crippen molar-refractivity contribution in [3.63, 3.8) is 0 Å². The summed E-state index contributed by atoms with van der Waals surface area (Å²) in [6.07, 6.45) is 1.86. The molecule has 6 rings (SSSR count). The van der Waals surface area contributed by atoms with Gasteiger partial charge in [0.05, 0.1) is 11.0 Å². The van der Waals surface area contributed by atoms with Crippen LogP contribution < -0.4 is 4.74 Å². The van der Waals surface area contributed by atoms with Gasteiger partial charge in [0, 0.05) is 40.1 Å². The summed E-state index contributed by atoms with van der Waals surface area (Å²) >= 11 is 0. The number of aromatic hydroxyl groups is 1. The molecule has 202 valence electrons. The second kappa shape index (κ2) is 9.09. The minimum Gasteiger partial charge on any atom is -0.506 e. The molecule has 40 heavy (non-hydrogen) atoms. The molecular formula is C35H35N3O2. The number of phenols is 1. The van der Waals surface area contributed by atoms with Gasteiger partial charge in [0.25, 0.3) is 0 Å². The molecule has 5 nitrogen and oxygen atoms in total. The lowest BCUT2D eigenvalue weighted by molar-refractivity contribution is 0.440. The average Bonchev–Trinajstić information content (AvgIpc) is 3.20. The lowest BCUT2D eigenvalue weighted by Gasteiger charge is -2.23. The van der Waals surface area contributed by atoms with Gasteiger partial charge in [-0.15, -0.1) is 0 Å². The Balaban J connectivity index is 1.65. The Hall–Kier alpha value is -4.38. The first-order valence-corrected chi connectivity index (χ1v) is 13.7. The zero-order valence-electron chi connectivity index (χ0n) is 24.2. The molecule has 0 saturated carbocycles. The third-order valence-corrected chi connectivity index (χ3v) is 7.56. The highest BCUT2D eigenvalue weighted by molar-refractivity contribution is 6.10. The first-order chi connectivity index (χ1) is 18.9. The molecule has 0 fully saturated rings. The molecule has 0 atom stereocenters. The number of benzene rings is 3. The molecule has 0 aliphatic heterocycles. The Morgan fingerprint density at radius 1 is 0.775 bits per heavy atom. The number of ether oxygens (including phenoxy) is 1. The zero-order valence-corrected chi connectivity index (χ0v) is 24.2. The van der Waals surface area contributed by atoms with Gasteiger partial charge < -0.3 is 9.84 Å². The Labute approximate surface area is 235 Å². The van der Waals surface area contributed by atoms with Gasteiger partial charge in [-0.25, -0.2) is 9.97 Å². The van der Waals surface area contributed by atoms with Crippen molar-refractivity contribution in [2.75, 3.05) is 0 Å². The molecule has 0 unspecified atom stereocenters. The number of nitrogens with zero attached hydrogens (tertiary/aromatic N) is 3. The third-order valence-electron chi connectivity index (χ3n) is 7.56. The fourth-order valence-corrected chi connectivity index (χ4v) is 5.36. The van der Waals surface area contributed by atoms with Gasteiger partial charge in [0.1, 0.15) is 22.8 Å². The predicted molar refractivity (Wildman–Crippen MR) is 164 cm³/mol. The standard InChI is InChI=1S/C35H35N3O2/c1-21-15-16-36-31(17-21)38-27-13-12-23(34(2,3)4)18-24(27)25-19-26(35(5,6)7)30(20-28(25)38)40-32-14-11-22-9-8-10-29(39)33(22)37-32/h8-20,39H,1-7H3. The van der Waals surface area contributed by atoms with Gasteiger partial charge in [-0.1, -0.05) is 59.7 Å². The SMILES string of the molecule is Cc1ccnc(-n2c3ccc(C(C)(C)C)cc3c3cc(C(C)(C)C)c(Oc4ccc5cccc(O)c5n4)cc32)c1. The molecule has 0 amide bonds. The quantitative estimate of drug-likeness (QED) is 0.248. The van der Waals surface area contributed by atoms with Gasteiger partial charge in [-0.3, -0.25) is 4.57 Å². The molecule has 3 aromatic heterocycles. The lowest BCUT2D eigenvalue weighted by Crippen LogP contribution is -2.13. The summed E-state index contributed by atoms with van der Waals surface area (Å²) in [5, 5.41) is 13.6. The first kappa shape index (κ1) is 25.9.